The third kappa shape index (κ3) is 3.82. The molecule has 1 aliphatic carbocycles. The molecule has 1 fully saturated rings. The van der Waals surface area contributed by atoms with Crippen LogP contribution in [0, 0.1) is 5.41 Å². The highest BCUT2D eigenvalue weighted by Gasteiger charge is 2.36. The monoisotopic (exact) mass is 302 g/mol. The van der Waals surface area contributed by atoms with E-state index >= 15 is 0 Å². The van der Waals surface area contributed by atoms with Crippen molar-refractivity contribution in [1.82, 2.24) is 0 Å². The van der Waals surface area contributed by atoms with Gasteiger partial charge in [0.15, 0.2) is 5.17 Å². The van der Waals surface area contributed by atoms with Gasteiger partial charge in [-0.05, 0) is 48.8 Å². The Morgan fingerprint density at radius 2 is 1.95 bits per heavy atom. The number of benzene rings is 1. The van der Waals surface area contributed by atoms with E-state index in [4.69, 9.17) is 4.99 Å². The summed E-state index contributed by atoms with van der Waals surface area (Å²) in [5, 5.41) is 4.59. The Hall–Kier alpha value is -0.960. The van der Waals surface area contributed by atoms with E-state index in [1.165, 1.54) is 61.9 Å². The maximum absolute atomic E-state index is 4.80. The van der Waals surface area contributed by atoms with Gasteiger partial charge >= 0.3 is 0 Å². The Balaban J connectivity index is 1.56. The lowest BCUT2D eigenvalue weighted by atomic mass is 9.89. The number of aliphatic imine (C=N–C) groups is 1. The van der Waals surface area contributed by atoms with Crippen molar-refractivity contribution in [3.63, 3.8) is 0 Å². The fraction of sp³-hybridized carbons (Fsp3) is 0.611. The number of rotatable bonds is 4. The lowest BCUT2D eigenvalue weighted by Gasteiger charge is -2.31. The van der Waals surface area contributed by atoms with Gasteiger partial charge in [-0.25, -0.2) is 0 Å². The first-order chi connectivity index (χ1) is 10.3. The van der Waals surface area contributed by atoms with Gasteiger partial charge in [-0.3, -0.25) is 4.99 Å². The van der Waals surface area contributed by atoms with Crippen molar-refractivity contribution in [2.24, 2.45) is 10.4 Å². The molecule has 114 valence electrons. The van der Waals surface area contributed by atoms with E-state index in [0.29, 0.717) is 5.41 Å². The fourth-order valence-corrected chi connectivity index (χ4v) is 4.48. The summed E-state index contributed by atoms with van der Waals surface area (Å²) in [4.78, 5) is 4.80. The first kappa shape index (κ1) is 15.0. The highest BCUT2D eigenvalue weighted by Crippen LogP contribution is 2.43. The second-order valence-electron chi connectivity index (χ2n) is 6.54. The summed E-state index contributed by atoms with van der Waals surface area (Å²) in [6, 6.07) is 8.86. The predicted octanol–water partition coefficient (Wildman–Crippen LogP) is 5.10. The summed E-state index contributed by atoms with van der Waals surface area (Å²) >= 11 is 1.91. The molecule has 1 aromatic rings. The predicted molar refractivity (Wildman–Crippen MR) is 94.3 cm³/mol. The lowest BCUT2D eigenvalue weighted by molar-refractivity contribution is 0.359. The normalized spacial score (nSPS) is 20.5. The molecule has 0 bridgehead atoms. The second-order valence-corrected chi connectivity index (χ2v) is 7.51. The van der Waals surface area contributed by atoms with Gasteiger partial charge in [-0.1, -0.05) is 50.1 Å². The van der Waals surface area contributed by atoms with Crippen molar-refractivity contribution < 1.29 is 0 Å². The Morgan fingerprint density at radius 1 is 1.19 bits per heavy atom. The molecule has 0 aromatic heterocycles. The fourth-order valence-electron chi connectivity index (χ4n) is 3.31. The first-order valence-electron chi connectivity index (χ1n) is 8.33. The largest absolute Gasteiger partial charge is 0.335 e. The number of aryl methyl sites for hydroxylation is 1. The molecule has 1 spiro atoms. The molecule has 2 aliphatic rings. The molecule has 1 aromatic carbocycles. The summed E-state index contributed by atoms with van der Waals surface area (Å²) in [6.07, 6.45) is 9.28. The van der Waals surface area contributed by atoms with Crippen LogP contribution in [0.1, 0.15) is 51.0 Å². The summed E-state index contributed by atoms with van der Waals surface area (Å²) in [6.45, 7) is 3.27. The van der Waals surface area contributed by atoms with E-state index in [2.05, 4.69) is 36.5 Å². The van der Waals surface area contributed by atoms with Crippen LogP contribution in [0.15, 0.2) is 29.3 Å². The molecule has 1 saturated carbocycles. The zero-order valence-corrected chi connectivity index (χ0v) is 13.8. The van der Waals surface area contributed by atoms with E-state index in [9.17, 15) is 0 Å². The van der Waals surface area contributed by atoms with Crippen LogP contribution in [-0.2, 0) is 6.42 Å². The van der Waals surface area contributed by atoms with E-state index in [1.807, 2.05) is 11.8 Å². The van der Waals surface area contributed by atoms with Gasteiger partial charge in [0.05, 0.1) is 0 Å². The Labute approximate surface area is 132 Å². The lowest BCUT2D eigenvalue weighted by Crippen LogP contribution is -2.30. The van der Waals surface area contributed by atoms with Gasteiger partial charge in [0, 0.05) is 18.0 Å². The van der Waals surface area contributed by atoms with Crippen molar-refractivity contribution in [2.45, 2.75) is 51.9 Å². The highest BCUT2D eigenvalue weighted by molar-refractivity contribution is 8.14. The van der Waals surface area contributed by atoms with Gasteiger partial charge < -0.3 is 5.32 Å². The van der Waals surface area contributed by atoms with Crippen LogP contribution in [0.3, 0.4) is 0 Å². The molecular formula is C18H26N2S. The van der Waals surface area contributed by atoms with Crippen LogP contribution in [0.25, 0.3) is 0 Å². The molecule has 0 unspecified atom stereocenters. The van der Waals surface area contributed by atoms with E-state index < -0.39 is 0 Å². The van der Waals surface area contributed by atoms with Crippen LogP contribution in [0.5, 0.6) is 0 Å². The first-order valence-corrected chi connectivity index (χ1v) is 9.31. The average molecular weight is 302 g/mol. The van der Waals surface area contributed by atoms with Gasteiger partial charge in [0.1, 0.15) is 0 Å². The summed E-state index contributed by atoms with van der Waals surface area (Å²) in [7, 11) is 0. The average Bonchev–Trinajstić information content (AvgIpc) is 2.98. The van der Waals surface area contributed by atoms with Gasteiger partial charge in [0.2, 0.25) is 0 Å². The molecule has 1 N–H and O–H groups in total. The molecule has 0 amide bonds. The van der Waals surface area contributed by atoms with Crippen LogP contribution < -0.4 is 5.32 Å². The van der Waals surface area contributed by atoms with Crippen molar-refractivity contribution in [2.75, 3.05) is 17.6 Å². The minimum Gasteiger partial charge on any atom is -0.335 e. The molecule has 21 heavy (non-hydrogen) atoms. The van der Waals surface area contributed by atoms with Gasteiger partial charge in [-0.2, -0.15) is 0 Å². The topological polar surface area (TPSA) is 24.4 Å². The van der Waals surface area contributed by atoms with Crippen molar-refractivity contribution in [1.29, 1.82) is 0 Å². The Kier molecular flexibility index (Phi) is 4.89. The van der Waals surface area contributed by atoms with E-state index in [1.54, 1.807) is 0 Å². The van der Waals surface area contributed by atoms with Crippen molar-refractivity contribution >= 4 is 22.6 Å². The minimum absolute atomic E-state index is 0.528. The smallest absolute Gasteiger partial charge is 0.161 e. The Bertz CT molecular complexity index is 486. The standard InChI is InChI=1S/C18H26N2S/c1-2-3-6-15-7-9-16(10-8-15)20-17-19-13-18(14-21-17)11-4-5-12-18/h7-10H,2-6,11-14H2,1H3,(H,19,20). The van der Waals surface area contributed by atoms with E-state index in [0.717, 1.165) is 11.7 Å². The van der Waals surface area contributed by atoms with Gasteiger partial charge in [-0.15, -0.1) is 0 Å². The molecule has 1 aliphatic heterocycles. The third-order valence-electron chi connectivity index (χ3n) is 4.76. The molecule has 0 radical (unpaired) electrons. The van der Waals surface area contributed by atoms with Crippen molar-refractivity contribution in [3.8, 4) is 0 Å². The SMILES string of the molecule is CCCCc1ccc(NC2=NCC3(CCCC3)CS2)cc1. The number of nitrogens with zero attached hydrogens (tertiary/aromatic N) is 1. The molecule has 1 heterocycles. The van der Waals surface area contributed by atoms with Gasteiger partial charge in [0.25, 0.3) is 0 Å². The number of nitrogens with one attached hydrogen (secondary N) is 1. The number of hydrogen-bond acceptors (Lipinski definition) is 3. The molecule has 0 saturated heterocycles. The summed E-state index contributed by atoms with van der Waals surface area (Å²) < 4.78 is 0. The summed E-state index contributed by atoms with van der Waals surface area (Å²) in [5.41, 5.74) is 3.13. The molecule has 3 rings (SSSR count). The van der Waals surface area contributed by atoms with Crippen LogP contribution in [0.2, 0.25) is 0 Å². The highest BCUT2D eigenvalue weighted by atomic mass is 32.2. The molecule has 0 atom stereocenters. The maximum Gasteiger partial charge on any atom is 0.161 e. The zero-order chi connectivity index (χ0) is 14.5. The number of unbranched alkanes of at least 4 members (excludes halogenated alkanes) is 1. The maximum atomic E-state index is 4.80. The number of amidine groups is 1. The van der Waals surface area contributed by atoms with Crippen LogP contribution >= 0.6 is 11.8 Å². The third-order valence-corrected chi connectivity index (χ3v) is 6.02. The van der Waals surface area contributed by atoms with Crippen LogP contribution in [0.4, 0.5) is 5.69 Å². The Morgan fingerprint density at radius 3 is 2.57 bits per heavy atom. The zero-order valence-electron chi connectivity index (χ0n) is 13.0. The molecular weight excluding hydrogens is 276 g/mol. The van der Waals surface area contributed by atoms with Crippen LogP contribution in [-0.4, -0.2) is 17.5 Å². The quantitative estimate of drug-likeness (QED) is 0.836. The van der Waals surface area contributed by atoms with Crippen molar-refractivity contribution in [3.05, 3.63) is 29.8 Å². The minimum atomic E-state index is 0.528. The molecule has 2 nitrogen and oxygen atoms in total. The summed E-state index contributed by atoms with van der Waals surface area (Å²) in [5.74, 6) is 1.24. The number of thioether (sulfide) groups is 1. The second kappa shape index (κ2) is 6.87. The number of hydrogen-bond donors (Lipinski definition) is 1. The van der Waals surface area contributed by atoms with E-state index in [-0.39, 0.29) is 0 Å². The number of anilines is 1. The molecule has 3 heteroatoms.